The van der Waals surface area contributed by atoms with Gasteiger partial charge >= 0.3 is 29.6 Å². The van der Waals surface area contributed by atoms with E-state index < -0.39 is 40.4 Å². The molecule has 1 aliphatic rings. The molecule has 1 aromatic heterocycles. The molecule has 2 aromatic carbocycles. The summed E-state index contributed by atoms with van der Waals surface area (Å²) in [7, 11) is -3.88. The number of carboxylic acid groups (broad SMARTS) is 1. The Hall–Kier alpha value is -2.05. The minimum Gasteiger partial charge on any atom is -0.550 e. The molecule has 2 atom stereocenters. The standard InChI is InChI=1S/C29H35FN2O6S.Na/c1-19(2)27-29(39(37,38)31-14-6-15-31)26(20-7-4-3-5-8-20)28(21-9-11-22(30)12-10-21)32(27)16-13-23(33)17-24(34)18-25(35)36;/h3-5,7-12,19,23-24,33-34H,6,13-18H2,1-2H3,(H,35,36);/q;+1/p-1/t23-,24-;/m1./s1. The molecule has 210 valence electrons. The van der Waals surface area contributed by atoms with Gasteiger partial charge in [0.2, 0.25) is 10.0 Å². The van der Waals surface area contributed by atoms with E-state index in [0.717, 1.165) is 6.42 Å². The van der Waals surface area contributed by atoms with E-state index in [9.17, 15) is 32.9 Å². The first-order valence-corrected chi connectivity index (χ1v) is 14.6. The summed E-state index contributed by atoms with van der Waals surface area (Å²) in [6.45, 7) is 4.86. The molecule has 1 saturated heterocycles. The topological polar surface area (TPSA) is 123 Å². The van der Waals surface area contributed by atoms with Crippen LogP contribution in [0.25, 0.3) is 22.4 Å². The zero-order valence-electron chi connectivity index (χ0n) is 23.1. The van der Waals surface area contributed by atoms with Gasteiger partial charge in [-0.05, 0) is 60.6 Å². The Labute approximate surface area is 256 Å². The van der Waals surface area contributed by atoms with E-state index in [1.807, 2.05) is 48.7 Å². The van der Waals surface area contributed by atoms with Crippen molar-refractivity contribution in [1.29, 1.82) is 0 Å². The average molecular weight is 581 g/mol. The molecule has 11 heteroatoms. The number of rotatable bonds is 12. The first kappa shape index (κ1) is 32.5. The molecular formula is C29H34FN2NaO6S. The summed E-state index contributed by atoms with van der Waals surface area (Å²) in [5.74, 6) is -2.06. The van der Waals surface area contributed by atoms with Crippen LogP contribution in [0.4, 0.5) is 4.39 Å². The number of carboxylic acids is 1. The van der Waals surface area contributed by atoms with Crippen molar-refractivity contribution in [3.63, 3.8) is 0 Å². The molecular weight excluding hydrogens is 546 g/mol. The number of carbonyl (C=O) groups excluding carboxylic acids is 1. The van der Waals surface area contributed by atoms with Gasteiger partial charge in [-0.2, -0.15) is 4.31 Å². The molecule has 1 aliphatic heterocycles. The summed E-state index contributed by atoms with van der Waals surface area (Å²) in [6, 6.07) is 15.1. The molecule has 1 fully saturated rings. The summed E-state index contributed by atoms with van der Waals surface area (Å²) in [4.78, 5) is 11.0. The van der Waals surface area contributed by atoms with Crippen LogP contribution in [0.15, 0.2) is 59.5 Å². The second-order valence-electron chi connectivity index (χ2n) is 10.3. The molecule has 2 N–H and O–H groups in total. The number of aromatic nitrogens is 1. The Bertz CT molecular complexity index is 1410. The van der Waals surface area contributed by atoms with Crippen LogP contribution in [-0.4, -0.2) is 58.8 Å². The first-order chi connectivity index (χ1) is 18.5. The Kier molecular flexibility index (Phi) is 11.2. The van der Waals surface area contributed by atoms with Crippen LogP contribution in [-0.2, 0) is 21.4 Å². The summed E-state index contributed by atoms with van der Waals surface area (Å²) < 4.78 is 45.4. The normalized spacial score (nSPS) is 15.3. The van der Waals surface area contributed by atoms with E-state index >= 15 is 0 Å². The predicted octanol–water partition coefficient (Wildman–Crippen LogP) is 0.125. The largest absolute Gasteiger partial charge is 1.00 e. The first-order valence-electron chi connectivity index (χ1n) is 13.1. The Balaban J connectivity index is 0.00000441. The van der Waals surface area contributed by atoms with Gasteiger partial charge in [0, 0.05) is 43.3 Å². The zero-order chi connectivity index (χ0) is 28.3. The molecule has 2 heterocycles. The quantitative estimate of drug-likeness (QED) is 0.294. The number of nitrogens with zero attached hydrogens (tertiary/aromatic N) is 2. The number of carbonyl (C=O) groups is 1. The number of benzene rings is 2. The molecule has 0 amide bonds. The maximum absolute atomic E-state index is 14.1. The van der Waals surface area contributed by atoms with Gasteiger partial charge in [-0.3, -0.25) is 0 Å². The summed E-state index contributed by atoms with van der Waals surface area (Å²) in [5, 5.41) is 31.5. The van der Waals surface area contributed by atoms with E-state index in [1.165, 1.54) is 16.4 Å². The number of hydrogen-bond acceptors (Lipinski definition) is 6. The van der Waals surface area contributed by atoms with Gasteiger partial charge in [0.05, 0.1) is 17.9 Å². The Morgan fingerprint density at radius 2 is 1.62 bits per heavy atom. The molecule has 8 nitrogen and oxygen atoms in total. The fourth-order valence-electron chi connectivity index (χ4n) is 5.10. The van der Waals surface area contributed by atoms with E-state index in [2.05, 4.69) is 0 Å². The van der Waals surface area contributed by atoms with Crippen molar-refractivity contribution in [3.8, 4) is 22.4 Å². The maximum atomic E-state index is 14.1. The van der Waals surface area contributed by atoms with Gasteiger partial charge in [-0.1, -0.05) is 44.2 Å². The zero-order valence-corrected chi connectivity index (χ0v) is 25.9. The number of aliphatic hydroxyl groups is 2. The van der Waals surface area contributed by atoms with E-state index in [4.69, 9.17) is 0 Å². The molecule has 0 spiro atoms. The van der Waals surface area contributed by atoms with Crippen LogP contribution in [0.3, 0.4) is 0 Å². The van der Waals surface area contributed by atoms with Crippen molar-refractivity contribution in [2.24, 2.45) is 0 Å². The predicted molar refractivity (Wildman–Crippen MR) is 144 cm³/mol. The monoisotopic (exact) mass is 580 g/mol. The van der Waals surface area contributed by atoms with Crippen molar-refractivity contribution >= 4 is 16.0 Å². The number of halogens is 1. The Morgan fingerprint density at radius 3 is 2.15 bits per heavy atom. The number of aliphatic hydroxyl groups excluding tert-OH is 2. The van der Waals surface area contributed by atoms with Crippen LogP contribution >= 0.6 is 0 Å². The van der Waals surface area contributed by atoms with Gasteiger partial charge in [-0.15, -0.1) is 0 Å². The molecule has 0 aliphatic carbocycles. The second kappa shape index (κ2) is 13.7. The van der Waals surface area contributed by atoms with Gasteiger partial charge < -0.3 is 24.7 Å². The molecule has 0 bridgehead atoms. The van der Waals surface area contributed by atoms with Crippen LogP contribution in [0.2, 0.25) is 0 Å². The third-order valence-corrected chi connectivity index (χ3v) is 9.00. The SMILES string of the molecule is CC(C)c1c(S(=O)(=O)N2CCC2)c(-c2ccccc2)c(-c2ccc(F)cc2)n1CC[C@@H](O)C[C@@H](O)CC(=O)[O-].[Na+]. The number of hydrogen-bond donors (Lipinski definition) is 2. The van der Waals surface area contributed by atoms with Crippen molar-refractivity contribution in [1.82, 2.24) is 8.87 Å². The van der Waals surface area contributed by atoms with Gasteiger partial charge in [0.15, 0.2) is 0 Å². The molecule has 40 heavy (non-hydrogen) atoms. The number of aliphatic carboxylic acids is 1. The van der Waals surface area contributed by atoms with Gasteiger partial charge in [-0.25, -0.2) is 12.8 Å². The van der Waals surface area contributed by atoms with Crippen LogP contribution in [0.1, 0.15) is 51.1 Å². The summed E-state index contributed by atoms with van der Waals surface area (Å²) in [6.07, 6.45) is -2.15. The molecule has 0 unspecified atom stereocenters. The van der Waals surface area contributed by atoms with Crippen molar-refractivity contribution in [3.05, 3.63) is 66.1 Å². The number of sulfonamides is 1. The van der Waals surface area contributed by atoms with Crippen LogP contribution in [0.5, 0.6) is 0 Å². The molecule has 0 radical (unpaired) electrons. The molecule has 3 aromatic rings. The minimum absolute atomic E-state index is 0. The summed E-state index contributed by atoms with van der Waals surface area (Å²) >= 11 is 0. The van der Waals surface area contributed by atoms with Crippen LogP contribution < -0.4 is 34.7 Å². The third kappa shape index (κ3) is 7.05. The second-order valence-corrected chi connectivity index (χ2v) is 12.2. The molecule has 0 saturated carbocycles. The van der Waals surface area contributed by atoms with Gasteiger partial charge in [0.1, 0.15) is 10.7 Å². The fraction of sp³-hybridized carbons (Fsp3) is 0.414. The molecule has 4 rings (SSSR count). The fourth-order valence-corrected chi connectivity index (χ4v) is 7.18. The van der Waals surface area contributed by atoms with E-state index in [0.29, 0.717) is 41.2 Å². The Morgan fingerprint density at radius 1 is 1.00 bits per heavy atom. The van der Waals surface area contributed by atoms with Crippen molar-refractivity contribution in [2.45, 2.75) is 69.1 Å². The van der Waals surface area contributed by atoms with E-state index in [-0.39, 0.29) is 59.8 Å². The smallest absolute Gasteiger partial charge is 0.550 e. The van der Waals surface area contributed by atoms with E-state index in [1.54, 1.807) is 12.1 Å². The maximum Gasteiger partial charge on any atom is 1.00 e. The minimum atomic E-state index is -3.88. The van der Waals surface area contributed by atoms with Gasteiger partial charge in [0.25, 0.3) is 0 Å². The van der Waals surface area contributed by atoms with Crippen molar-refractivity contribution < 1.29 is 62.5 Å². The summed E-state index contributed by atoms with van der Waals surface area (Å²) in [5.41, 5.74) is 2.99. The third-order valence-electron chi connectivity index (χ3n) is 7.03. The van der Waals surface area contributed by atoms with Crippen molar-refractivity contribution in [2.75, 3.05) is 13.1 Å². The average Bonchev–Trinajstić information content (AvgIpc) is 3.18. The van der Waals surface area contributed by atoms with Crippen LogP contribution in [0, 0.1) is 5.82 Å².